The molecule has 0 saturated carbocycles. The maximum atomic E-state index is 13.5. The molecule has 172 valence electrons. The highest BCUT2D eigenvalue weighted by Crippen LogP contribution is 2.44. The molecular weight excluding hydrogens is 484 g/mol. The standard InChI is InChI=1S/C25H27BrN4O3/c1-33-22-14-20(6-7-21(22)18(15-27)16-28)30-13-10-25(24(30)32)8-11-29(12-9-25)23(31)17-2-4-19(26)5-3-17/h2-7,14-16,27H,8-13,28H2,1H3/b18-16+,27-15?. The van der Waals surface area contributed by atoms with E-state index >= 15 is 0 Å². The topological polar surface area (TPSA) is 99.7 Å². The van der Waals surface area contributed by atoms with Crippen LogP contribution in [0.2, 0.25) is 0 Å². The molecule has 0 aromatic heterocycles. The van der Waals surface area contributed by atoms with Gasteiger partial charge in [-0.1, -0.05) is 15.9 Å². The Morgan fingerprint density at radius 1 is 1.12 bits per heavy atom. The quantitative estimate of drug-likeness (QED) is 0.592. The minimum Gasteiger partial charge on any atom is -0.496 e. The maximum Gasteiger partial charge on any atom is 0.253 e. The van der Waals surface area contributed by atoms with Gasteiger partial charge in [0.25, 0.3) is 5.91 Å². The SMILES string of the molecule is COc1cc(N2CCC3(CCN(C(=O)c4ccc(Br)cc4)CC3)C2=O)ccc1/C(C=N)=C/N. The summed E-state index contributed by atoms with van der Waals surface area (Å²) in [5, 5.41) is 7.54. The largest absolute Gasteiger partial charge is 0.496 e. The predicted molar refractivity (Wildman–Crippen MR) is 133 cm³/mol. The number of rotatable bonds is 5. The second kappa shape index (κ2) is 9.39. The maximum absolute atomic E-state index is 13.5. The van der Waals surface area contributed by atoms with E-state index in [2.05, 4.69) is 15.9 Å². The first-order chi connectivity index (χ1) is 15.9. The van der Waals surface area contributed by atoms with Crippen LogP contribution >= 0.6 is 15.9 Å². The number of halogens is 1. The highest BCUT2D eigenvalue weighted by Gasteiger charge is 2.49. The summed E-state index contributed by atoms with van der Waals surface area (Å²) in [6, 6.07) is 12.9. The summed E-state index contributed by atoms with van der Waals surface area (Å²) in [7, 11) is 1.56. The molecule has 1 spiro atoms. The number of hydrogen-bond acceptors (Lipinski definition) is 5. The second-order valence-electron chi connectivity index (χ2n) is 8.44. The number of allylic oxidation sites excluding steroid dienone is 1. The first-order valence-corrected chi connectivity index (χ1v) is 11.7. The number of benzene rings is 2. The van der Waals surface area contributed by atoms with Crippen molar-refractivity contribution < 1.29 is 14.3 Å². The molecule has 0 atom stereocenters. The summed E-state index contributed by atoms with van der Waals surface area (Å²) in [4.78, 5) is 30.0. The Balaban J connectivity index is 1.48. The molecule has 0 aliphatic carbocycles. The predicted octanol–water partition coefficient (Wildman–Crippen LogP) is 4.07. The summed E-state index contributed by atoms with van der Waals surface area (Å²) in [5.74, 6) is 0.681. The molecule has 2 aliphatic rings. The number of nitrogens with two attached hydrogens (primary N) is 1. The number of methoxy groups -OCH3 is 1. The zero-order valence-electron chi connectivity index (χ0n) is 18.5. The number of piperidine rings is 1. The molecule has 3 N–H and O–H groups in total. The van der Waals surface area contributed by atoms with Crippen molar-refractivity contribution in [2.45, 2.75) is 19.3 Å². The van der Waals surface area contributed by atoms with Crippen LogP contribution in [0.1, 0.15) is 35.2 Å². The number of carbonyl (C=O) groups is 2. The minimum absolute atomic E-state index is 0.00920. The van der Waals surface area contributed by atoms with Gasteiger partial charge in [-0.25, -0.2) is 0 Å². The molecule has 0 unspecified atom stereocenters. The van der Waals surface area contributed by atoms with Gasteiger partial charge in [0.2, 0.25) is 5.91 Å². The number of anilines is 1. The average molecular weight is 511 g/mol. The molecule has 2 aliphatic heterocycles. The lowest BCUT2D eigenvalue weighted by Crippen LogP contribution is -2.46. The van der Waals surface area contributed by atoms with Crippen LogP contribution in [0.5, 0.6) is 5.75 Å². The van der Waals surface area contributed by atoms with Gasteiger partial charge in [0, 0.05) is 65.0 Å². The highest BCUT2D eigenvalue weighted by atomic mass is 79.9. The zero-order chi connectivity index (χ0) is 23.6. The Labute approximate surface area is 201 Å². The van der Waals surface area contributed by atoms with Crippen LogP contribution in [-0.4, -0.2) is 49.7 Å². The normalized spacial score (nSPS) is 18.0. The van der Waals surface area contributed by atoms with E-state index in [0.717, 1.165) is 16.6 Å². The summed E-state index contributed by atoms with van der Waals surface area (Å²) in [5.41, 5.74) is 7.89. The van der Waals surface area contributed by atoms with Gasteiger partial charge in [-0.2, -0.15) is 0 Å². The summed E-state index contributed by atoms with van der Waals surface area (Å²) in [6.07, 6.45) is 4.63. The lowest BCUT2D eigenvalue weighted by Gasteiger charge is -2.38. The number of nitrogens with zero attached hydrogens (tertiary/aromatic N) is 2. The molecule has 2 aromatic carbocycles. The van der Waals surface area contributed by atoms with E-state index in [1.54, 1.807) is 7.11 Å². The third-order valence-corrected chi connectivity index (χ3v) is 7.28. The summed E-state index contributed by atoms with van der Waals surface area (Å²) >= 11 is 3.40. The molecule has 4 rings (SSSR count). The van der Waals surface area contributed by atoms with Crippen molar-refractivity contribution in [3.05, 3.63) is 64.3 Å². The highest BCUT2D eigenvalue weighted by molar-refractivity contribution is 9.10. The fourth-order valence-electron chi connectivity index (χ4n) is 4.75. The van der Waals surface area contributed by atoms with Crippen LogP contribution in [-0.2, 0) is 4.79 Å². The van der Waals surface area contributed by atoms with E-state index in [-0.39, 0.29) is 11.8 Å². The first-order valence-electron chi connectivity index (χ1n) is 10.9. The Morgan fingerprint density at radius 2 is 1.79 bits per heavy atom. The van der Waals surface area contributed by atoms with E-state index in [4.69, 9.17) is 15.9 Å². The van der Waals surface area contributed by atoms with Crippen LogP contribution in [0.15, 0.2) is 53.1 Å². The second-order valence-corrected chi connectivity index (χ2v) is 9.35. The van der Waals surface area contributed by atoms with Crippen LogP contribution in [0.4, 0.5) is 5.69 Å². The van der Waals surface area contributed by atoms with Crippen molar-refractivity contribution in [2.24, 2.45) is 11.1 Å². The Kier molecular flexibility index (Phi) is 6.56. The third kappa shape index (κ3) is 4.27. The van der Waals surface area contributed by atoms with E-state index in [0.29, 0.717) is 54.9 Å². The van der Waals surface area contributed by atoms with E-state index < -0.39 is 5.41 Å². The van der Waals surface area contributed by atoms with Gasteiger partial charge < -0.3 is 25.7 Å². The number of amides is 2. The van der Waals surface area contributed by atoms with Crippen molar-refractivity contribution in [2.75, 3.05) is 31.6 Å². The van der Waals surface area contributed by atoms with Crippen LogP contribution in [0.25, 0.3) is 5.57 Å². The van der Waals surface area contributed by atoms with Crippen LogP contribution in [0.3, 0.4) is 0 Å². The number of hydrogen-bond donors (Lipinski definition) is 2. The third-order valence-electron chi connectivity index (χ3n) is 6.75. The van der Waals surface area contributed by atoms with Crippen molar-refractivity contribution in [3.63, 3.8) is 0 Å². The molecule has 0 bridgehead atoms. The summed E-state index contributed by atoms with van der Waals surface area (Å²) < 4.78 is 6.44. The molecule has 2 fully saturated rings. The average Bonchev–Trinajstić information content (AvgIpc) is 3.16. The lowest BCUT2D eigenvalue weighted by atomic mass is 9.77. The minimum atomic E-state index is -0.431. The fourth-order valence-corrected chi connectivity index (χ4v) is 5.01. The molecule has 2 heterocycles. The molecule has 33 heavy (non-hydrogen) atoms. The van der Waals surface area contributed by atoms with Crippen molar-refractivity contribution in [1.82, 2.24) is 4.90 Å². The number of carbonyl (C=O) groups excluding carboxylic acids is 2. The molecule has 2 saturated heterocycles. The monoisotopic (exact) mass is 510 g/mol. The molecule has 8 heteroatoms. The molecule has 7 nitrogen and oxygen atoms in total. The Bertz CT molecular complexity index is 1110. The van der Waals surface area contributed by atoms with Crippen LogP contribution in [0, 0.1) is 10.8 Å². The van der Waals surface area contributed by atoms with Gasteiger partial charge in [0.15, 0.2) is 0 Å². The zero-order valence-corrected chi connectivity index (χ0v) is 20.1. The molecular formula is C25H27BrN4O3. The van der Waals surface area contributed by atoms with E-state index in [9.17, 15) is 9.59 Å². The lowest BCUT2D eigenvalue weighted by molar-refractivity contribution is -0.127. The van der Waals surface area contributed by atoms with Crippen LogP contribution < -0.4 is 15.4 Å². The molecule has 2 amide bonds. The van der Waals surface area contributed by atoms with Crippen molar-refractivity contribution >= 4 is 45.2 Å². The van der Waals surface area contributed by atoms with Gasteiger partial charge in [-0.3, -0.25) is 9.59 Å². The van der Waals surface area contributed by atoms with E-state index in [1.165, 1.54) is 12.4 Å². The van der Waals surface area contributed by atoms with Crippen molar-refractivity contribution in [1.29, 1.82) is 5.41 Å². The molecule has 0 radical (unpaired) electrons. The summed E-state index contributed by atoms with van der Waals surface area (Å²) in [6.45, 7) is 1.77. The van der Waals surface area contributed by atoms with Gasteiger partial charge in [-0.05, 0) is 55.7 Å². The van der Waals surface area contributed by atoms with Gasteiger partial charge >= 0.3 is 0 Å². The fraction of sp³-hybridized carbons (Fsp3) is 0.320. The van der Waals surface area contributed by atoms with Crippen molar-refractivity contribution in [3.8, 4) is 5.75 Å². The Hall–Kier alpha value is -3.13. The number of likely N-dealkylation sites (tertiary alicyclic amines) is 1. The van der Waals surface area contributed by atoms with Gasteiger partial charge in [0.1, 0.15) is 5.75 Å². The van der Waals surface area contributed by atoms with Gasteiger partial charge in [-0.15, -0.1) is 0 Å². The van der Waals surface area contributed by atoms with Gasteiger partial charge in [0.05, 0.1) is 12.5 Å². The first kappa shape index (κ1) is 23.0. The molecule has 2 aromatic rings. The Morgan fingerprint density at radius 3 is 2.39 bits per heavy atom. The van der Waals surface area contributed by atoms with E-state index in [1.807, 2.05) is 52.3 Å². The number of nitrogens with one attached hydrogen (secondary N) is 1. The smallest absolute Gasteiger partial charge is 0.253 e. The number of ether oxygens (including phenoxy) is 1.